The van der Waals surface area contributed by atoms with Crippen molar-refractivity contribution in [1.29, 1.82) is 0 Å². The Morgan fingerprint density at radius 3 is 2.94 bits per heavy atom. The van der Waals surface area contributed by atoms with Crippen LogP contribution in [0.15, 0.2) is 30.6 Å². The van der Waals surface area contributed by atoms with Crippen LogP contribution in [-0.4, -0.2) is 38.6 Å². The number of nitrogens with zero attached hydrogens (tertiary/aromatic N) is 3. The molecule has 2 amide bonds. The van der Waals surface area contributed by atoms with Gasteiger partial charge in [-0.05, 0) is 68.7 Å². The van der Waals surface area contributed by atoms with Crippen LogP contribution in [0.25, 0.3) is 5.65 Å². The van der Waals surface area contributed by atoms with Crippen molar-refractivity contribution >= 4 is 23.1 Å². The minimum Gasteiger partial charge on any atom is -0.487 e. The first kappa shape index (κ1) is 20.2. The highest BCUT2D eigenvalue weighted by Gasteiger charge is 2.34. The molecule has 1 saturated carbocycles. The van der Waals surface area contributed by atoms with E-state index in [9.17, 15) is 9.59 Å². The summed E-state index contributed by atoms with van der Waals surface area (Å²) in [4.78, 5) is 29.5. The summed E-state index contributed by atoms with van der Waals surface area (Å²) < 4.78 is 7.74. The Bertz CT molecular complexity index is 1290. The van der Waals surface area contributed by atoms with Gasteiger partial charge in [0, 0.05) is 42.5 Å². The topological polar surface area (TPSA) is 97.6 Å². The second kappa shape index (κ2) is 7.30. The van der Waals surface area contributed by atoms with E-state index in [-0.39, 0.29) is 23.3 Å². The molecule has 3 aliphatic rings. The predicted molar refractivity (Wildman–Crippen MR) is 123 cm³/mol. The van der Waals surface area contributed by atoms with Gasteiger partial charge in [0.15, 0.2) is 5.65 Å². The van der Waals surface area contributed by atoms with Crippen LogP contribution in [0.3, 0.4) is 0 Å². The van der Waals surface area contributed by atoms with Crippen molar-refractivity contribution in [1.82, 2.24) is 19.9 Å². The molecular formula is C25H27N5O3. The number of ether oxygens (including phenoxy) is 1. The maximum atomic E-state index is 13.3. The molecule has 3 aromatic rings. The maximum Gasteiger partial charge on any atom is 0.261 e. The van der Waals surface area contributed by atoms with Gasteiger partial charge in [-0.3, -0.25) is 9.59 Å². The summed E-state index contributed by atoms with van der Waals surface area (Å²) in [5.74, 6) is 1.50. The van der Waals surface area contributed by atoms with Crippen LogP contribution in [0, 0.1) is 5.92 Å². The second-order valence-corrected chi connectivity index (χ2v) is 10.1. The Hall–Kier alpha value is -3.42. The van der Waals surface area contributed by atoms with Crippen LogP contribution in [0.5, 0.6) is 5.75 Å². The highest BCUT2D eigenvalue weighted by Crippen LogP contribution is 2.48. The summed E-state index contributed by atoms with van der Waals surface area (Å²) in [7, 11) is 0. The van der Waals surface area contributed by atoms with Gasteiger partial charge in [0.2, 0.25) is 5.91 Å². The monoisotopic (exact) mass is 445 g/mol. The predicted octanol–water partition coefficient (Wildman–Crippen LogP) is 3.25. The van der Waals surface area contributed by atoms with Crippen molar-refractivity contribution in [2.75, 3.05) is 11.9 Å². The third-order valence-electron chi connectivity index (χ3n) is 6.73. The number of rotatable bonds is 5. The molecule has 0 unspecified atom stereocenters. The van der Waals surface area contributed by atoms with Crippen molar-refractivity contribution in [3.05, 3.63) is 53.0 Å². The van der Waals surface area contributed by atoms with Crippen LogP contribution in [0.4, 0.5) is 5.69 Å². The van der Waals surface area contributed by atoms with Gasteiger partial charge in [0.05, 0.1) is 6.20 Å². The first-order valence-electron chi connectivity index (χ1n) is 11.6. The summed E-state index contributed by atoms with van der Waals surface area (Å²) in [6, 6.07) is 6.09. The van der Waals surface area contributed by atoms with Gasteiger partial charge in [0.1, 0.15) is 16.9 Å². The zero-order valence-electron chi connectivity index (χ0n) is 18.9. The van der Waals surface area contributed by atoms with Crippen molar-refractivity contribution < 1.29 is 14.3 Å². The molecule has 2 aliphatic heterocycles. The number of hydrogen-bond donors (Lipinski definition) is 2. The number of benzene rings is 1. The number of nitrogens with one attached hydrogen (secondary N) is 2. The van der Waals surface area contributed by atoms with Gasteiger partial charge in [-0.2, -0.15) is 5.10 Å². The first-order valence-corrected chi connectivity index (χ1v) is 11.6. The zero-order chi connectivity index (χ0) is 22.7. The van der Waals surface area contributed by atoms with Gasteiger partial charge in [-0.1, -0.05) is 0 Å². The summed E-state index contributed by atoms with van der Waals surface area (Å²) in [6.45, 7) is 4.84. The lowest BCUT2D eigenvalue weighted by Gasteiger charge is -2.17. The first-order chi connectivity index (χ1) is 15.8. The Kier molecular flexibility index (Phi) is 4.47. The second-order valence-electron chi connectivity index (χ2n) is 10.1. The van der Waals surface area contributed by atoms with Crippen LogP contribution < -0.4 is 15.4 Å². The molecule has 1 saturated heterocycles. The Morgan fingerprint density at radius 2 is 2.18 bits per heavy atom. The van der Waals surface area contributed by atoms with Crippen LogP contribution in [-0.2, 0) is 17.6 Å². The van der Waals surface area contributed by atoms with E-state index in [4.69, 9.17) is 9.72 Å². The summed E-state index contributed by atoms with van der Waals surface area (Å²) in [5.41, 5.74) is 4.72. The normalized spacial score (nSPS) is 21.0. The van der Waals surface area contributed by atoms with E-state index in [1.165, 1.54) is 0 Å². The lowest BCUT2D eigenvalue weighted by atomic mass is 9.98. The average molecular weight is 446 g/mol. The molecule has 8 heteroatoms. The largest absolute Gasteiger partial charge is 0.487 e. The molecular weight excluding hydrogens is 418 g/mol. The van der Waals surface area contributed by atoms with E-state index in [1.54, 1.807) is 10.7 Å². The maximum absolute atomic E-state index is 13.3. The molecule has 170 valence electrons. The third-order valence-corrected chi connectivity index (χ3v) is 6.73. The van der Waals surface area contributed by atoms with E-state index in [1.807, 2.05) is 12.3 Å². The lowest BCUT2D eigenvalue weighted by molar-refractivity contribution is -0.119. The molecule has 1 atom stereocenters. The Balaban J connectivity index is 1.28. The summed E-state index contributed by atoms with van der Waals surface area (Å²) >= 11 is 0. The standard InChI is InChI=1S/C25H27N5O3/c1-25(2)11-16-9-20(18(15-3-4-15)10-21(16)33-25)29-24(32)19-13-27-30-6-5-17(28-23(19)30)7-14-8-22(31)26-12-14/h5-6,9-10,13-15H,3-4,7-8,11-12H2,1-2H3,(H,26,31)(H,29,32)/t14-/m1/s1. The molecule has 0 radical (unpaired) electrons. The van der Waals surface area contributed by atoms with Gasteiger partial charge < -0.3 is 15.4 Å². The van der Waals surface area contributed by atoms with E-state index in [2.05, 4.69) is 41.7 Å². The quantitative estimate of drug-likeness (QED) is 0.628. The number of amides is 2. The van der Waals surface area contributed by atoms with Crippen LogP contribution in [0.1, 0.15) is 66.2 Å². The molecule has 6 rings (SSSR count). The number of carbonyl (C=O) groups is 2. The molecule has 0 spiro atoms. The molecule has 33 heavy (non-hydrogen) atoms. The summed E-state index contributed by atoms with van der Waals surface area (Å²) in [5, 5.41) is 10.3. The molecule has 4 heterocycles. The van der Waals surface area contributed by atoms with Crippen LogP contribution >= 0.6 is 0 Å². The Morgan fingerprint density at radius 1 is 1.33 bits per heavy atom. The van der Waals surface area contributed by atoms with Crippen LogP contribution in [0.2, 0.25) is 0 Å². The minimum absolute atomic E-state index is 0.0834. The summed E-state index contributed by atoms with van der Waals surface area (Å²) in [6.07, 6.45) is 7.67. The number of hydrogen-bond acceptors (Lipinski definition) is 5. The molecule has 8 nitrogen and oxygen atoms in total. The average Bonchev–Trinajstić information content (AvgIpc) is 3.26. The molecule has 2 N–H and O–H groups in total. The van der Waals surface area contributed by atoms with E-state index in [0.717, 1.165) is 47.5 Å². The zero-order valence-corrected chi connectivity index (χ0v) is 18.9. The van der Waals surface area contributed by atoms with Crippen molar-refractivity contribution in [2.24, 2.45) is 5.92 Å². The van der Waals surface area contributed by atoms with Gasteiger partial charge in [0.25, 0.3) is 5.91 Å². The number of carbonyl (C=O) groups excluding carboxylic acids is 2. The smallest absolute Gasteiger partial charge is 0.261 e. The highest BCUT2D eigenvalue weighted by molar-refractivity contribution is 6.08. The van der Waals surface area contributed by atoms with E-state index in [0.29, 0.717) is 36.5 Å². The van der Waals surface area contributed by atoms with Gasteiger partial charge in [-0.25, -0.2) is 9.50 Å². The molecule has 2 aromatic heterocycles. The molecule has 2 fully saturated rings. The fraction of sp³-hybridized carbons (Fsp3) is 0.440. The minimum atomic E-state index is -0.228. The Labute approximate surface area is 191 Å². The van der Waals surface area contributed by atoms with Gasteiger partial charge in [-0.15, -0.1) is 0 Å². The fourth-order valence-electron chi connectivity index (χ4n) is 4.98. The number of aromatic nitrogens is 3. The van der Waals surface area contributed by atoms with E-state index >= 15 is 0 Å². The lowest BCUT2D eigenvalue weighted by Crippen LogP contribution is -2.24. The van der Waals surface area contributed by atoms with Gasteiger partial charge >= 0.3 is 0 Å². The number of fused-ring (bicyclic) bond motifs is 2. The van der Waals surface area contributed by atoms with Crippen molar-refractivity contribution in [3.63, 3.8) is 0 Å². The molecule has 1 aliphatic carbocycles. The van der Waals surface area contributed by atoms with E-state index < -0.39 is 0 Å². The highest BCUT2D eigenvalue weighted by atomic mass is 16.5. The van der Waals surface area contributed by atoms with Crippen molar-refractivity contribution in [2.45, 2.75) is 57.5 Å². The molecule has 1 aromatic carbocycles. The fourth-order valence-corrected chi connectivity index (χ4v) is 4.98. The third kappa shape index (κ3) is 3.83. The molecule has 0 bridgehead atoms. The van der Waals surface area contributed by atoms with Crippen molar-refractivity contribution in [3.8, 4) is 5.75 Å². The SMILES string of the molecule is CC1(C)Cc2cc(NC(=O)c3cnn4ccc(C[C@H]5CNC(=O)C5)nc34)c(C3CC3)cc2O1. The number of anilines is 1.